The first-order valence-corrected chi connectivity index (χ1v) is 10.3. The fourth-order valence-electron chi connectivity index (χ4n) is 2.78. The van der Waals surface area contributed by atoms with Crippen LogP contribution >= 0.6 is 0 Å². The summed E-state index contributed by atoms with van der Waals surface area (Å²) in [6, 6.07) is 23.9. The number of aromatic nitrogens is 1. The molecule has 0 fully saturated rings. The van der Waals surface area contributed by atoms with Crippen molar-refractivity contribution in [3.63, 3.8) is 0 Å². The summed E-state index contributed by atoms with van der Waals surface area (Å²) in [7, 11) is 0. The van der Waals surface area contributed by atoms with Crippen LogP contribution in [0.3, 0.4) is 0 Å². The average Bonchev–Trinajstić information content (AvgIpc) is 3.15. The molecular formula is C22H16N2O3Se. The first-order chi connectivity index (χ1) is 13.6. The third kappa shape index (κ3) is 3.69. The van der Waals surface area contributed by atoms with E-state index in [9.17, 15) is 15.0 Å². The Kier molecular flexibility index (Phi) is 4.98. The molecule has 0 saturated carbocycles. The molecule has 0 bridgehead atoms. The molecule has 0 aliphatic rings. The van der Waals surface area contributed by atoms with Crippen molar-refractivity contribution in [3.8, 4) is 32.8 Å². The zero-order valence-corrected chi connectivity index (χ0v) is 16.4. The van der Waals surface area contributed by atoms with Gasteiger partial charge in [-0.3, -0.25) is 0 Å². The number of nitrogens with zero attached hydrogens (tertiary/aromatic N) is 1. The number of anilines is 1. The number of carbonyl (C=O) groups excluding carboxylic acids is 1. The van der Waals surface area contributed by atoms with E-state index in [4.69, 9.17) is 4.98 Å². The first kappa shape index (κ1) is 18.0. The van der Waals surface area contributed by atoms with E-state index in [1.807, 2.05) is 60.7 Å². The van der Waals surface area contributed by atoms with Gasteiger partial charge in [-0.15, -0.1) is 0 Å². The fraction of sp³-hybridized carbons (Fsp3) is 0. The van der Waals surface area contributed by atoms with E-state index >= 15 is 0 Å². The third-order valence-corrected chi connectivity index (χ3v) is 6.31. The number of nitrogens with one attached hydrogen (secondary N) is 1. The molecule has 3 N–H and O–H groups in total. The summed E-state index contributed by atoms with van der Waals surface area (Å²) in [5.74, 6) is -0.976. The Bertz CT molecular complexity index is 1070. The second-order valence-electron chi connectivity index (χ2n) is 6.09. The van der Waals surface area contributed by atoms with Crippen molar-refractivity contribution in [1.82, 2.24) is 4.98 Å². The van der Waals surface area contributed by atoms with Gasteiger partial charge >= 0.3 is 168 Å². The Morgan fingerprint density at radius 3 is 2.11 bits per heavy atom. The Morgan fingerprint density at radius 2 is 1.46 bits per heavy atom. The molecule has 3 aromatic carbocycles. The van der Waals surface area contributed by atoms with Gasteiger partial charge in [0.2, 0.25) is 0 Å². The van der Waals surface area contributed by atoms with Crippen molar-refractivity contribution in [3.05, 3.63) is 84.4 Å². The number of phenolic OH excluding ortho intramolecular Hbond substituents is 2. The summed E-state index contributed by atoms with van der Waals surface area (Å²) in [5, 5.41) is 21.9. The Labute approximate surface area is 167 Å². The fourth-order valence-corrected chi connectivity index (χ4v) is 4.86. The Hall–Kier alpha value is -3.34. The molecule has 4 aromatic rings. The molecule has 0 radical (unpaired) electrons. The van der Waals surface area contributed by atoms with Crippen LogP contribution in [0.2, 0.25) is 0 Å². The summed E-state index contributed by atoms with van der Waals surface area (Å²) in [5.41, 5.74) is 3.19. The van der Waals surface area contributed by atoms with Gasteiger partial charge in [0.1, 0.15) is 0 Å². The maximum absolute atomic E-state index is 12.6. The number of aromatic hydroxyl groups is 2. The molecule has 138 valence electrons. The van der Waals surface area contributed by atoms with Crippen LogP contribution in [0.15, 0.2) is 78.9 Å². The summed E-state index contributed by atoms with van der Waals surface area (Å²) in [4.78, 5) is 17.3. The van der Waals surface area contributed by atoms with Crippen LogP contribution in [0.4, 0.5) is 4.69 Å². The summed E-state index contributed by atoms with van der Waals surface area (Å²) < 4.78 is 1.70. The minimum absolute atomic E-state index is 0.179. The molecule has 1 heterocycles. The van der Waals surface area contributed by atoms with Crippen molar-refractivity contribution >= 4 is 25.1 Å². The van der Waals surface area contributed by atoms with Gasteiger partial charge in [0, 0.05) is 0 Å². The normalized spacial score (nSPS) is 10.6. The molecule has 6 heteroatoms. The maximum atomic E-state index is 12.6. The van der Waals surface area contributed by atoms with Crippen LogP contribution in [0.1, 0.15) is 10.4 Å². The predicted octanol–water partition coefficient (Wildman–Crippen LogP) is 4.14. The number of hydrogen-bond acceptors (Lipinski definition) is 4. The van der Waals surface area contributed by atoms with Crippen LogP contribution in [-0.4, -0.2) is 35.6 Å². The molecule has 0 unspecified atom stereocenters. The van der Waals surface area contributed by atoms with Crippen LogP contribution in [0.5, 0.6) is 11.5 Å². The van der Waals surface area contributed by atoms with Crippen molar-refractivity contribution in [2.75, 3.05) is 5.32 Å². The van der Waals surface area contributed by atoms with Crippen LogP contribution in [-0.2, 0) is 0 Å². The van der Waals surface area contributed by atoms with Gasteiger partial charge in [0.05, 0.1) is 0 Å². The van der Waals surface area contributed by atoms with E-state index in [0.717, 1.165) is 21.3 Å². The quantitative estimate of drug-likeness (QED) is 0.333. The Morgan fingerprint density at radius 1 is 0.821 bits per heavy atom. The van der Waals surface area contributed by atoms with Crippen LogP contribution < -0.4 is 5.32 Å². The van der Waals surface area contributed by atoms with Gasteiger partial charge in [-0.1, -0.05) is 0 Å². The van der Waals surface area contributed by atoms with Gasteiger partial charge in [0.25, 0.3) is 0 Å². The molecular weight excluding hydrogens is 419 g/mol. The van der Waals surface area contributed by atoms with Crippen LogP contribution in [0.25, 0.3) is 21.3 Å². The van der Waals surface area contributed by atoms with Gasteiger partial charge in [-0.2, -0.15) is 0 Å². The van der Waals surface area contributed by atoms with E-state index in [1.54, 1.807) is 0 Å². The third-order valence-electron chi connectivity index (χ3n) is 4.17. The zero-order valence-electron chi connectivity index (χ0n) is 14.7. The van der Waals surface area contributed by atoms with E-state index in [1.165, 1.54) is 18.2 Å². The van der Waals surface area contributed by atoms with Gasteiger partial charge < -0.3 is 0 Å². The van der Waals surface area contributed by atoms with Gasteiger partial charge in [-0.25, -0.2) is 0 Å². The second kappa shape index (κ2) is 7.72. The number of benzene rings is 3. The van der Waals surface area contributed by atoms with Crippen LogP contribution in [0, 0.1) is 0 Å². The molecule has 1 amide bonds. The van der Waals surface area contributed by atoms with E-state index in [2.05, 4.69) is 5.32 Å². The predicted molar refractivity (Wildman–Crippen MR) is 110 cm³/mol. The zero-order chi connectivity index (χ0) is 19.5. The first-order valence-electron chi connectivity index (χ1n) is 8.57. The van der Waals surface area contributed by atoms with Gasteiger partial charge in [-0.05, 0) is 0 Å². The number of rotatable bonds is 4. The molecule has 0 atom stereocenters. The SMILES string of the molecule is O=C(Nc1nc(-c2ccccc2)c(-c2ccccc2)[se]1)c1ccc(O)c(O)c1. The molecule has 0 aliphatic carbocycles. The number of hydrogen-bond donors (Lipinski definition) is 3. The molecule has 0 aliphatic heterocycles. The van der Waals surface area contributed by atoms with Crippen molar-refractivity contribution in [1.29, 1.82) is 0 Å². The molecule has 0 saturated heterocycles. The summed E-state index contributed by atoms with van der Waals surface area (Å²) in [6.07, 6.45) is 0. The molecule has 28 heavy (non-hydrogen) atoms. The number of carbonyl (C=O) groups is 1. The summed E-state index contributed by atoms with van der Waals surface area (Å²) in [6.45, 7) is 0. The minimum atomic E-state index is -0.377. The van der Waals surface area contributed by atoms with E-state index in [0.29, 0.717) is 4.69 Å². The Balaban J connectivity index is 1.71. The monoisotopic (exact) mass is 436 g/mol. The average molecular weight is 435 g/mol. The standard InChI is InChI=1S/C22H16N2O3Se/c25-17-12-11-16(13-18(17)26)21(27)24-22-23-19(14-7-3-1-4-8-14)20(28-22)15-9-5-2-6-10-15/h1-13,25-26H,(H,23,24,27). The van der Waals surface area contributed by atoms with Crippen molar-refractivity contribution in [2.24, 2.45) is 0 Å². The number of amides is 1. The molecule has 5 nitrogen and oxygen atoms in total. The second-order valence-corrected chi connectivity index (χ2v) is 8.18. The van der Waals surface area contributed by atoms with Crippen molar-refractivity contribution < 1.29 is 15.0 Å². The topological polar surface area (TPSA) is 82.5 Å². The number of phenols is 2. The van der Waals surface area contributed by atoms with Gasteiger partial charge in [0.15, 0.2) is 0 Å². The molecule has 4 rings (SSSR count). The molecule has 0 spiro atoms. The van der Waals surface area contributed by atoms with E-state index < -0.39 is 0 Å². The van der Waals surface area contributed by atoms with E-state index in [-0.39, 0.29) is 37.5 Å². The van der Waals surface area contributed by atoms with Crippen molar-refractivity contribution in [2.45, 2.75) is 0 Å². The summed E-state index contributed by atoms with van der Waals surface area (Å²) >= 11 is -0.179. The molecule has 1 aromatic heterocycles.